The van der Waals surface area contributed by atoms with Crippen molar-refractivity contribution in [2.24, 2.45) is 0 Å². The minimum Gasteiger partial charge on any atom is -0.373 e. The fraction of sp³-hybridized carbons (Fsp3) is 0.400. The van der Waals surface area contributed by atoms with Crippen LogP contribution in [0.5, 0.6) is 0 Å². The minimum absolute atomic E-state index is 0.811. The Labute approximate surface area is 113 Å². The molecule has 2 aromatic heterocycles. The third-order valence-electron chi connectivity index (χ3n) is 3.66. The normalized spacial score (nSPS) is 15.8. The second-order valence-corrected chi connectivity index (χ2v) is 4.98. The van der Waals surface area contributed by atoms with Crippen LogP contribution in [0.4, 0.5) is 5.82 Å². The van der Waals surface area contributed by atoms with E-state index in [9.17, 15) is 0 Å². The summed E-state index contributed by atoms with van der Waals surface area (Å²) in [6.45, 7) is 7.79. The molecule has 0 saturated carbocycles. The Morgan fingerprint density at radius 2 is 1.68 bits per heavy atom. The molecule has 4 nitrogen and oxygen atoms in total. The molecular weight excluding hydrogens is 238 g/mol. The predicted octanol–water partition coefficient (Wildman–Crippen LogP) is 1.74. The molecule has 100 valence electrons. The Morgan fingerprint density at radius 1 is 1.00 bits per heavy atom. The molecule has 1 N–H and O–H groups in total. The molecule has 0 amide bonds. The lowest BCUT2D eigenvalue weighted by atomic mass is 10.3. The van der Waals surface area contributed by atoms with Gasteiger partial charge in [-0.2, -0.15) is 0 Å². The van der Waals surface area contributed by atoms with Crippen molar-refractivity contribution >= 4 is 5.82 Å². The van der Waals surface area contributed by atoms with E-state index in [0.717, 1.165) is 32.1 Å². The molecule has 0 unspecified atom stereocenters. The zero-order chi connectivity index (χ0) is 13.2. The maximum Gasteiger partial charge on any atom is 0.274 e. The molecule has 0 radical (unpaired) electrons. The van der Waals surface area contributed by atoms with E-state index in [4.69, 9.17) is 4.74 Å². The number of aromatic amines is 1. The Kier molecular flexibility index (Phi) is 3.25. The van der Waals surface area contributed by atoms with Gasteiger partial charge in [0.25, 0.3) is 5.82 Å². The summed E-state index contributed by atoms with van der Waals surface area (Å²) in [5, 5.41) is 0. The maximum atomic E-state index is 5.38. The number of morpholine rings is 1. The molecule has 0 aromatic carbocycles. The molecule has 19 heavy (non-hydrogen) atoms. The zero-order valence-electron chi connectivity index (χ0n) is 11.5. The van der Waals surface area contributed by atoms with Gasteiger partial charge in [-0.25, -0.2) is 4.98 Å². The van der Waals surface area contributed by atoms with Crippen LogP contribution in [0.1, 0.15) is 11.4 Å². The second-order valence-electron chi connectivity index (χ2n) is 4.98. The number of H-pyrrole nitrogens is 1. The molecule has 3 heterocycles. The van der Waals surface area contributed by atoms with E-state index in [1.807, 2.05) is 0 Å². The number of nitrogens with zero attached hydrogens (tertiary/aromatic N) is 2. The first kappa shape index (κ1) is 12.2. The highest BCUT2D eigenvalue weighted by Gasteiger charge is 2.19. The topological polar surface area (TPSA) is 31.5 Å². The Hall–Kier alpha value is -1.81. The first-order valence-corrected chi connectivity index (χ1v) is 6.75. The Bertz CT molecular complexity index is 534. The highest BCUT2D eigenvalue weighted by atomic mass is 16.5. The molecule has 1 saturated heterocycles. The summed E-state index contributed by atoms with van der Waals surface area (Å²) in [6, 6.07) is 8.61. The molecule has 0 atom stereocenters. The first-order valence-electron chi connectivity index (χ1n) is 6.75. The number of ether oxygens (including phenoxy) is 1. The van der Waals surface area contributed by atoms with Crippen LogP contribution in [0.25, 0.3) is 5.69 Å². The lowest BCUT2D eigenvalue weighted by molar-refractivity contribution is -0.364. The molecule has 1 fully saturated rings. The monoisotopic (exact) mass is 258 g/mol. The van der Waals surface area contributed by atoms with Gasteiger partial charge in [0.15, 0.2) is 0 Å². The zero-order valence-corrected chi connectivity index (χ0v) is 11.5. The highest BCUT2D eigenvalue weighted by molar-refractivity contribution is 5.40. The molecule has 1 aliphatic heterocycles. The molecule has 4 heteroatoms. The summed E-state index contributed by atoms with van der Waals surface area (Å²) in [5.41, 5.74) is 3.69. The summed E-state index contributed by atoms with van der Waals surface area (Å²) in [6.07, 6.45) is 2.07. The Balaban J connectivity index is 1.86. The first-order chi connectivity index (χ1) is 9.25. The van der Waals surface area contributed by atoms with E-state index in [2.05, 4.69) is 58.8 Å². The van der Waals surface area contributed by atoms with Gasteiger partial charge in [-0.3, -0.25) is 4.90 Å². The number of pyridine rings is 1. The van der Waals surface area contributed by atoms with E-state index in [0.29, 0.717) is 0 Å². The van der Waals surface area contributed by atoms with E-state index in [1.54, 1.807) is 0 Å². The summed E-state index contributed by atoms with van der Waals surface area (Å²) in [5.74, 6) is 1.16. The van der Waals surface area contributed by atoms with Crippen LogP contribution < -0.4 is 9.88 Å². The van der Waals surface area contributed by atoms with Crippen molar-refractivity contribution < 1.29 is 9.72 Å². The summed E-state index contributed by atoms with van der Waals surface area (Å²) in [7, 11) is 0. The van der Waals surface area contributed by atoms with Crippen molar-refractivity contribution in [2.75, 3.05) is 31.2 Å². The van der Waals surface area contributed by atoms with E-state index >= 15 is 0 Å². The van der Waals surface area contributed by atoms with Crippen molar-refractivity contribution in [1.29, 1.82) is 0 Å². The van der Waals surface area contributed by atoms with Crippen molar-refractivity contribution in [3.8, 4) is 5.69 Å². The number of nitrogens with one attached hydrogen (secondary N) is 1. The number of aryl methyl sites for hydroxylation is 2. The van der Waals surface area contributed by atoms with Crippen molar-refractivity contribution in [2.45, 2.75) is 13.8 Å². The third-order valence-corrected chi connectivity index (χ3v) is 3.66. The van der Waals surface area contributed by atoms with Crippen LogP contribution in [0, 0.1) is 13.8 Å². The van der Waals surface area contributed by atoms with E-state index < -0.39 is 0 Å². The van der Waals surface area contributed by atoms with Gasteiger partial charge < -0.3 is 9.30 Å². The molecule has 1 aliphatic rings. The van der Waals surface area contributed by atoms with Gasteiger partial charge in [-0.1, -0.05) is 0 Å². The Morgan fingerprint density at radius 3 is 2.26 bits per heavy atom. The number of rotatable bonds is 2. The SMILES string of the molecule is Cc1ccc(C)n1-c1ccc(N2CCOCC2)[nH+]c1. The van der Waals surface area contributed by atoms with Crippen LogP contribution in [-0.2, 0) is 4.74 Å². The molecule has 0 aliphatic carbocycles. The highest BCUT2D eigenvalue weighted by Crippen LogP contribution is 2.16. The molecule has 0 bridgehead atoms. The number of hydrogen-bond acceptors (Lipinski definition) is 2. The molecule has 3 rings (SSSR count). The lowest BCUT2D eigenvalue weighted by Gasteiger charge is -2.21. The third kappa shape index (κ3) is 2.36. The maximum absolute atomic E-state index is 5.38. The van der Waals surface area contributed by atoms with Crippen molar-refractivity contribution in [3.05, 3.63) is 41.9 Å². The predicted molar refractivity (Wildman–Crippen MR) is 74.8 cm³/mol. The average molecular weight is 258 g/mol. The van der Waals surface area contributed by atoms with Crippen LogP contribution >= 0.6 is 0 Å². The van der Waals surface area contributed by atoms with Crippen LogP contribution in [0.2, 0.25) is 0 Å². The molecule has 2 aromatic rings. The average Bonchev–Trinajstić information content (AvgIpc) is 2.79. The van der Waals surface area contributed by atoms with Gasteiger partial charge in [0.2, 0.25) is 0 Å². The van der Waals surface area contributed by atoms with Gasteiger partial charge in [0.05, 0.1) is 18.9 Å². The number of aromatic nitrogens is 2. The largest absolute Gasteiger partial charge is 0.373 e. The number of anilines is 1. The molecular formula is C15H20N3O+. The van der Waals surface area contributed by atoms with Crippen LogP contribution in [0.3, 0.4) is 0 Å². The van der Waals surface area contributed by atoms with E-state index in [1.165, 1.54) is 17.1 Å². The van der Waals surface area contributed by atoms with Crippen LogP contribution in [-0.4, -0.2) is 30.9 Å². The quantitative estimate of drug-likeness (QED) is 0.822. The van der Waals surface area contributed by atoms with Crippen LogP contribution in [0.15, 0.2) is 30.5 Å². The summed E-state index contributed by atoms with van der Waals surface area (Å²) < 4.78 is 7.63. The standard InChI is InChI=1S/C15H19N3O/c1-12-3-4-13(2)18(12)14-5-6-15(16-11-14)17-7-9-19-10-8-17/h3-6,11H,7-10H2,1-2H3/p+1. The fourth-order valence-electron chi connectivity index (χ4n) is 2.62. The van der Waals surface area contributed by atoms with Gasteiger partial charge in [-0.15, -0.1) is 0 Å². The van der Waals surface area contributed by atoms with Crippen molar-refractivity contribution in [1.82, 2.24) is 4.57 Å². The summed E-state index contributed by atoms with van der Waals surface area (Å²) >= 11 is 0. The van der Waals surface area contributed by atoms with Gasteiger partial charge >= 0.3 is 0 Å². The van der Waals surface area contributed by atoms with Gasteiger partial charge in [0, 0.05) is 17.5 Å². The summed E-state index contributed by atoms with van der Waals surface area (Å²) in [4.78, 5) is 5.72. The lowest BCUT2D eigenvalue weighted by Crippen LogP contribution is -2.39. The number of hydrogen-bond donors (Lipinski definition) is 0. The smallest absolute Gasteiger partial charge is 0.274 e. The fourth-order valence-corrected chi connectivity index (χ4v) is 2.62. The second kappa shape index (κ2) is 5.05. The van der Waals surface area contributed by atoms with Gasteiger partial charge in [0.1, 0.15) is 19.3 Å². The van der Waals surface area contributed by atoms with E-state index in [-0.39, 0.29) is 0 Å². The molecule has 0 spiro atoms. The van der Waals surface area contributed by atoms with Gasteiger partial charge in [-0.05, 0) is 32.0 Å². The minimum atomic E-state index is 0.811. The van der Waals surface area contributed by atoms with Crippen molar-refractivity contribution in [3.63, 3.8) is 0 Å².